The van der Waals surface area contributed by atoms with Gasteiger partial charge in [-0.3, -0.25) is 0 Å². The maximum Gasteiger partial charge on any atom is 0.124 e. The number of methoxy groups -OCH3 is 1. The minimum absolute atomic E-state index is 0. The van der Waals surface area contributed by atoms with E-state index in [-0.39, 0.29) is 18.4 Å². The van der Waals surface area contributed by atoms with E-state index in [0.717, 1.165) is 28.1 Å². The van der Waals surface area contributed by atoms with Gasteiger partial charge in [0.15, 0.2) is 0 Å². The van der Waals surface area contributed by atoms with Crippen LogP contribution in [0.4, 0.5) is 0 Å². The molecule has 0 aliphatic heterocycles. The molecule has 2 rings (SSSR count). The van der Waals surface area contributed by atoms with Gasteiger partial charge < -0.3 is 10.5 Å². The molecule has 4 heteroatoms. The minimum Gasteiger partial charge on any atom is -0.496 e. The van der Waals surface area contributed by atoms with Crippen molar-refractivity contribution in [2.75, 3.05) is 7.11 Å². The molecule has 0 heterocycles. The molecular weight excluding hydrogens is 289 g/mol. The van der Waals surface area contributed by atoms with Crippen LogP contribution in [0.3, 0.4) is 0 Å². The Kier molecular flexibility index (Phi) is 5.09. The van der Waals surface area contributed by atoms with Crippen LogP contribution in [-0.4, -0.2) is 7.11 Å². The van der Waals surface area contributed by atoms with Gasteiger partial charge in [0.2, 0.25) is 0 Å². The van der Waals surface area contributed by atoms with Gasteiger partial charge in [-0.2, -0.15) is 0 Å². The summed E-state index contributed by atoms with van der Waals surface area (Å²) < 4.78 is 6.37. The van der Waals surface area contributed by atoms with Gasteiger partial charge in [-0.25, -0.2) is 0 Å². The maximum atomic E-state index is 6.17. The number of nitrogens with two attached hydrogens (primary N) is 1. The fourth-order valence-electron chi connectivity index (χ4n) is 1.83. The SMILES string of the molecule is COc1cc(Br)ccc1[C@@H](N)CC1CC1.Cl. The molecule has 90 valence electrons. The highest BCUT2D eigenvalue weighted by atomic mass is 79.9. The Morgan fingerprint density at radius 1 is 1.50 bits per heavy atom. The molecule has 1 aromatic carbocycles. The van der Waals surface area contributed by atoms with Crippen LogP contribution in [-0.2, 0) is 0 Å². The highest BCUT2D eigenvalue weighted by Gasteiger charge is 2.25. The normalized spacial score (nSPS) is 16.4. The minimum atomic E-state index is 0. The average molecular weight is 307 g/mol. The molecule has 1 aromatic rings. The zero-order valence-electron chi connectivity index (χ0n) is 9.28. The molecule has 16 heavy (non-hydrogen) atoms. The van der Waals surface area contributed by atoms with Crippen LogP contribution in [0.25, 0.3) is 0 Å². The number of halogens is 2. The van der Waals surface area contributed by atoms with Gasteiger partial charge >= 0.3 is 0 Å². The van der Waals surface area contributed by atoms with Gasteiger partial charge in [0, 0.05) is 16.1 Å². The Balaban J connectivity index is 0.00000128. The Morgan fingerprint density at radius 3 is 2.75 bits per heavy atom. The molecule has 1 aliphatic rings. The van der Waals surface area contributed by atoms with Crippen molar-refractivity contribution in [1.29, 1.82) is 0 Å². The zero-order valence-corrected chi connectivity index (χ0v) is 11.7. The first-order chi connectivity index (χ1) is 7.20. The molecule has 0 amide bonds. The second-order valence-corrected chi connectivity index (χ2v) is 5.09. The van der Waals surface area contributed by atoms with Crippen molar-refractivity contribution in [3.8, 4) is 5.75 Å². The van der Waals surface area contributed by atoms with Crippen molar-refractivity contribution < 1.29 is 4.74 Å². The molecule has 1 aliphatic carbocycles. The largest absolute Gasteiger partial charge is 0.496 e. The van der Waals surface area contributed by atoms with E-state index >= 15 is 0 Å². The Bertz CT molecular complexity index is 355. The van der Waals surface area contributed by atoms with Gasteiger partial charge in [-0.1, -0.05) is 34.8 Å². The van der Waals surface area contributed by atoms with Crippen LogP contribution in [0.1, 0.15) is 30.9 Å². The Hall–Kier alpha value is -0.250. The summed E-state index contributed by atoms with van der Waals surface area (Å²) in [5, 5.41) is 0. The summed E-state index contributed by atoms with van der Waals surface area (Å²) in [6, 6.07) is 6.16. The molecule has 2 nitrogen and oxygen atoms in total. The molecule has 0 aromatic heterocycles. The lowest BCUT2D eigenvalue weighted by atomic mass is 10.0. The van der Waals surface area contributed by atoms with E-state index in [1.165, 1.54) is 12.8 Å². The topological polar surface area (TPSA) is 35.2 Å². The average Bonchev–Trinajstić information content (AvgIpc) is 3.01. The molecule has 0 saturated heterocycles. The van der Waals surface area contributed by atoms with Crippen molar-refractivity contribution >= 4 is 28.3 Å². The summed E-state index contributed by atoms with van der Waals surface area (Å²) in [5.41, 5.74) is 7.29. The zero-order chi connectivity index (χ0) is 10.8. The number of hydrogen-bond acceptors (Lipinski definition) is 2. The van der Waals surface area contributed by atoms with Crippen LogP contribution < -0.4 is 10.5 Å². The van der Waals surface area contributed by atoms with Crippen LogP contribution in [0.15, 0.2) is 22.7 Å². The second kappa shape index (κ2) is 5.89. The summed E-state index contributed by atoms with van der Waals surface area (Å²) in [6.07, 6.45) is 3.76. The fourth-order valence-corrected chi connectivity index (χ4v) is 2.17. The van der Waals surface area contributed by atoms with Crippen molar-refractivity contribution in [3.63, 3.8) is 0 Å². The molecule has 1 atom stereocenters. The van der Waals surface area contributed by atoms with E-state index < -0.39 is 0 Å². The number of ether oxygens (including phenoxy) is 1. The van der Waals surface area contributed by atoms with E-state index in [0.29, 0.717) is 0 Å². The predicted octanol–water partition coefficient (Wildman–Crippen LogP) is 3.68. The van der Waals surface area contributed by atoms with Crippen LogP contribution in [0, 0.1) is 5.92 Å². The van der Waals surface area contributed by atoms with E-state index in [1.807, 2.05) is 12.1 Å². The second-order valence-electron chi connectivity index (χ2n) is 4.17. The highest BCUT2D eigenvalue weighted by molar-refractivity contribution is 9.10. The summed E-state index contributed by atoms with van der Waals surface area (Å²) in [5.74, 6) is 1.73. The lowest BCUT2D eigenvalue weighted by Crippen LogP contribution is -2.12. The summed E-state index contributed by atoms with van der Waals surface area (Å²) in [6.45, 7) is 0. The fraction of sp³-hybridized carbons (Fsp3) is 0.500. The van der Waals surface area contributed by atoms with Gasteiger partial charge in [0.05, 0.1) is 7.11 Å². The van der Waals surface area contributed by atoms with Crippen molar-refractivity contribution in [1.82, 2.24) is 0 Å². The molecule has 0 radical (unpaired) electrons. The third-order valence-corrected chi connectivity index (χ3v) is 3.37. The number of benzene rings is 1. The van der Waals surface area contributed by atoms with E-state index in [4.69, 9.17) is 10.5 Å². The molecule has 2 N–H and O–H groups in total. The molecule has 0 spiro atoms. The van der Waals surface area contributed by atoms with E-state index in [1.54, 1.807) is 7.11 Å². The molecule has 0 bridgehead atoms. The van der Waals surface area contributed by atoms with E-state index in [2.05, 4.69) is 22.0 Å². The van der Waals surface area contributed by atoms with Gasteiger partial charge in [0.1, 0.15) is 5.75 Å². The first kappa shape index (κ1) is 13.8. The molecule has 0 unspecified atom stereocenters. The summed E-state index contributed by atoms with van der Waals surface area (Å²) in [4.78, 5) is 0. The van der Waals surface area contributed by atoms with Gasteiger partial charge in [0.25, 0.3) is 0 Å². The smallest absolute Gasteiger partial charge is 0.124 e. The summed E-state index contributed by atoms with van der Waals surface area (Å²) >= 11 is 3.43. The van der Waals surface area contributed by atoms with E-state index in [9.17, 15) is 0 Å². The molecular formula is C12H17BrClNO. The van der Waals surface area contributed by atoms with Gasteiger partial charge in [-0.05, 0) is 24.5 Å². The van der Waals surface area contributed by atoms with Crippen LogP contribution in [0.2, 0.25) is 0 Å². The lowest BCUT2D eigenvalue weighted by Gasteiger charge is -2.15. The lowest BCUT2D eigenvalue weighted by molar-refractivity contribution is 0.402. The standard InChI is InChI=1S/C12H16BrNO.ClH/c1-15-12-7-9(13)4-5-10(12)11(14)6-8-2-3-8;/h4-5,7-8,11H,2-3,6,14H2,1H3;1H/t11-;/m0./s1. The third-order valence-electron chi connectivity index (χ3n) is 2.88. The van der Waals surface area contributed by atoms with Gasteiger partial charge in [-0.15, -0.1) is 12.4 Å². The first-order valence-corrected chi connectivity index (χ1v) is 6.09. The quantitative estimate of drug-likeness (QED) is 0.921. The first-order valence-electron chi connectivity index (χ1n) is 5.29. The molecule has 1 saturated carbocycles. The Morgan fingerprint density at radius 2 is 2.19 bits per heavy atom. The van der Waals surface area contributed by atoms with Crippen molar-refractivity contribution in [3.05, 3.63) is 28.2 Å². The van der Waals surface area contributed by atoms with Crippen LogP contribution in [0.5, 0.6) is 5.75 Å². The maximum absolute atomic E-state index is 6.17. The number of rotatable bonds is 4. The third kappa shape index (κ3) is 3.37. The van der Waals surface area contributed by atoms with Crippen molar-refractivity contribution in [2.24, 2.45) is 11.7 Å². The highest BCUT2D eigenvalue weighted by Crippen LogP contribution is 2.39. The predicted molar refractivity (Wildman–Crippen MR) is 72.2 cm³/mol. The Labute approximate surface area is 111 Å². The number of hydrogen-bond donors (Lipinski definition) is 1. The molecule has 1 fully saturated rings. The monoisotopic (exact) mass is 305 g/mol. The van der Waals surface area contributed by atoms with Crippen molar-refractivity contribution in [2.45, 2.75) is 25.3 Å². The van der Waals surface area contributed by atoms with Crippen LogP contribution >= 0.6 is 28.3 Å². The summed E-state index contributed by atoms with van der Waals surface area (Å²) in [7, 11) is 1.69.